The Balaban J connectivity index is 1.59. The first-order valence-corrected chi connectivity index (χ1v) is 13.4. The largest absolute Gasteiger partial charge is 0.333 e. The second-order valence-electron chi connectivity index (χ2n) is 9.52. The van der Waals surface area contributed by atoms with E-state index in [1.165, 1.54) is 16.6 Å². The molecule has 0 fully saturated rings. The molecule has 180 valence electrons. The Labute approximate surface area is 207 Å². The van der Waals surface area contributed by atoms with E-state index < -0.39 is 17.5 Å². The van der Waals surface area contributed by atoms with E-state index in [-0.39, 0.29) is 11.3 Å². The van der Waals surface area contributed by atoms with Crippen LogP contribution in [0.5, 0.6) is 0 Å². The van der Waals surface area contributed by atoms with Gasteiger partial charge in [-0.15, -0.1) is 11.3 Å². The lowest BCUT2D eigenvalue weighted by Crippen LogP contribution is -2.48. The first kappa shape index (κ1) is 24.5. The van der Waals surface area contributed by atoms with Crippen LogP contribution < -0.4 is 16.2 Å². The molecule has 7 nitrogen and oxygen atoms in total. The minimum Gasteiger partial charge on any atom is -0.333 e. The molecule has 2 heterocycles. The summed E-state index contributed by atoms with van der Waals surface area (Å²) in [7, 11) is 0. The number of urea groups is 1. The number of amides is 3. The number of nitrogens with one attached hydrogen (secondary N) is 2. The highest BCUT2D eigenvalue weighted by Crippen LogP contribution is 2.34. The molecule has 1 aliphatic carbocycles. The molecule has 0 unspecified atom stereocenters. The van der Waals surface area contributed by atoms with E-state index in [0.29, 0.717) is 18.1 Å². The number of fused-ring (bicyclic) bond motifs is 3. The van der Waals surface area contributed by atoms with Crippen molar-refractivity contribution in [2.45, 2.75) is 70.1 Å². The number of aryl methyl sites for hydroxylation is 3. The molecule has 0 bridgehead atoms. The number of benzene rings is 1. The van der Waals surface area contributed by atoms with Gasteiger partial charge in [-0.2, -0.15) is 0 Å². The Kier molecular flexibility index (Phi) is 7.42. The summed E-state index contributed by atoms with van der Waals surface area (Å²) in [5.41, 5.74) is 1.81. The topological polar surface area (TPSA) is 93.1 Å². The predicted octanol–water partition coefficient (Wildman–Crippen LogP) is 4.30. The van der Waals surface area contributed by atoms with Crippen molar-refractivity contribution in [1.82, 2.24) is 20.2 Å². The van der Waals surface area contributed by atoms with Crippen LogP contribution in [0.3, 0.4) is 0 Å². The van der Waals surface area contributed by atoms with Gasteiger partial charge >= 0.3 is 6.03 Å². The van der Waals surface area contributed by atoms with Crippen LogP contribution in [-0.2, 0) is 30.6 Å². The van der Waals surface area contributed by atoms with Gasteiger partial charge < -0.3 is 5.32 Å². The molecule has 9 heteroatoms. The monoisotopic (exact) mass is 498 g/mol. The van der Waals surface area contributed by atoms with Crippen molar-refractivity contribution in [3.05, 3.63) is 56.7 Å². The Morgan fingerprint density at radius 1 is 1.15 bits per heavy atom. The van der Waals surface area contributed by atoms with Crippen molar-refractivity contribution in [2.75, 3.05) is 5.75 Å². The Morgan fingerprint density at radius 3 is 2.62 bits per heavy atom. The molecule has 34 heavy (non-hydrogen) atoms. The van der Waals surface area contributed by atoms with E-state index >= 15 is 0 Å². The van der Waals surface area contributed by atoms with Crippen molar-refractivity contribution < 1.29 is 9.59 Å². The van der Waals surface area contributed by atoms with Crippen molar-refractivity contribution in [3.8, 4) is 0 Å². The number of nitrogens with zero attached hydrogens (tertiary/aromatic N) is 2. The zero-order chi connectivity index (χ0) is 24.3. The predicted molar refractivity (Wildman–Crippen MR) is 138 cm³/mol. The van der Waals surface area contributed by atoms with Gasteiger partial charge in [0.1, 0.15) is 4.83 Å². The van der Waals surface area contributed by atoms with Crippen molar-refractivity contribution >= 4 is 45.3 Å². The van der Waals surface area contributed by atoms with Gasteiger partial charge in [0.25, 0.3) is 5.56 Å². The van der Waals surface area contributed by atoms with Gasteiger partial charge in [-0.05, 0) is 64.0 Å². The molecule has 0 saturated carbocycles. The smallest absolute Gasteiger partial charge is 0.321 e. The second-order valence-corrected chi connectivity index (χ2v) is 11.5. The number of aromatic nitrogens is 2. The van der Waals surface area contributed by atoms with Crippen LogP contribution in [0.25, 0.3) is 10.2 Å². The van der Waals surface area contributed by atoms with E-state index in [4.69, 9.17) is 4.98 Å². The molecule has 0 aliphatic heterocycles. The van der Waals surface area contributed by atoms with Crippen molar-refractivity contribution in [2.24, 2.45) is 0 Å². The molecular formula is C25H30N4O3S2. The molecular weight excluding hydrogens is 468 g/mol. The summed E-state index contributed by atoms with van der Waals surface area (Å²) in [5.74, 6) is -0.437. The highest BCUT2D eigenvalue weighted by atomic mass is 32.2. The first-order valence-electron chi connectivity index (χ1n) is 11.5. The SMILES string of the molecule is CC(C)(C)NC(=O)NC(=O)CSc1nc2sc3c(c2c(=O)n1CCc1ccccc1)CCCC3. The number of carbonyl (C=O) groups excluding carboxylic acids is 2. The third kappa shape index (κ3) is 5.88. The molecule has 3 amide bonds. The van der Waals surface area contributed by atoms with Gasteiger partial charge in [-0.25, -0.2) is 9.78 Å². The number of hydrogen-bond donors (Lipinski definition) is 2. The Hall–Kier alpha value is -2.65. The number of hydrogen-bond acceptors (Lipinski definition) is 6. The molecule has 1 aromatic carbocycles. The van der Waals surface area contributed by atoms with Gasteiger partial charge in [0.2, 0.25) is 5.91 Å². The molecule has 0 saturated heterocycles. The van der Waals surface area contributed by atoms with Gasteiger partial charge in [0.05, 0.1) is 11.1 Å². The van der Waals surface area contributed by atoms with Crippen molar-refractivity contribution in [1.29, 1.82) is 0 Å². The number of thiophene rings is 1. The zero-order valence-corrected chi connectivity index (χ0v) is 21.4. The summed E-state index contributed by atoms with van der Waals surface area (Å²) >= 11 is 2.79. The van der Waals surface area contributed by atoms with Gasteiger partial charge in [-0.3, -0.25) is 19.5 Å². The maximum Gasteiger partial charge on any atom is 0.321 e. The molecule has 1 aliphatic rings. The lowest BCUT2D eigenvalue weighted by atomic mass is 9.97. The summed E-state index contributed by atoms with van der Waals surface area (Å²) in [6, 6.07) is 9.48. The molecule has 4 rings (SSSR count). The number of rotatable bonds is 6. The molecule has 0 radical (unpaired) electrons. The maximum atomic E-state index is 13.6. The van der Waals surface area contributed by atoms with E-state index in [9.17, 15) is 14.4 Å². The number of thioether (sulfide) groups is 1. The van der Waals surface area contributed by atoms with Gasteiger partial charge in [0, 0.05) is 17.0 Å². The lowest BCUT2D eigenvalue weighted by molar-refractivity contribution is -0.117. The fourth-order valence-corrected chi connectivity index (χ4v) is 6.21. The highest BCUT2D eigenvalue weighted by Gasteiger charge is 2.23. The van der Waals surface area contributed by atoms with Crippen LogP contribution in [-0.4, -0.2) is 32.8 Å². The zero-order valence-electron chi connectivity index (χ0n) is 19.8. The third-order valence-corrected chi connectivity index (χ3v) is 7.74. The summed E-state index contributed by atoms with van der Waals surface area (Å²) in [4.78, 5) is 44.9. The fourth-order valence-electron chi connectivity index (χ4n) is 4.08. The minimum atomic E-state index is -0.533. The van der Waals surface area contributed by atoms with Crippen LogP contribution >= 0.6 is 23.1 Å². The van der Waals surface area contributed by atoms with Crippen LogP contribution in [0, 0.1) is 0 Å². The fraction of sp³-hybridized carbons (Fsp3) is 0.440. The average molecular weight is 499 g/mol. The molecule has 0 spiro atoms. The first-order chi connectivity index (χ1) is 16.2. The van der Waals surface area contributed by atoms with E-state index in [1.807, 2.05) is 51.1 Å². The number of imide groups is 1. The molecule has 2 aromatic heterocycles. The summed E-state index contributed by atoms with van der Waals surface area (Å²) in [5, 5.41) is 6.32. The summed E-state index contributed by atoms with van der Waals surface area (Å²) in [6.07, 6.45) is 4.83. The van der Waals surface area contributed by atoms with Crippen LogP contribution in [0.1, 0.15) is 49.6 Å². The number of carbonyl (C=O) groups is 2. The quantitative estimate of drug-likeness (QED) is 0.391. The summed E-state index contributed by atoms with van der Waals surface area (Å²) in [6.45, 7) is 6.01. The van der Waals surface area contributed by atoms with Crippen LogP contribution in [0.15, 0.2) is 40.3 Å². The second kappa shape index (κ2) is 10.3. The van der Waals surface area contributed by atoms with E-state index in [1.54, 1.807) is 15.9 Å². The maximum absolute atomic E-state index is 13.6. The molecule has 3 aromatic rings. The molecule has 2 N–H and O–H groups in total. The van der Waals surface area contributed by atoms with Crippen molar-refractivity contribution in [3.63, 3.8) is 0 Å². The standard InChI is InChI=1S/C25H30N4O3S2/c1-25(2,3)28-23(32)26-19(30)15-33-24-27-21-20(17-11-7-8-12-18(17)34-21)22(31)29(24)14-13-16-9-5-4-6-10-16/h4-6,9-10H,7-8,11-15H2,1-3H3,(H2,26,28,30,32). The van der Waals surface area contributed by atoms with E-state index in [0.717, 1.165) is 47.0 Å². The lowest BCUT2D eigenvalue weighted by Gasteiger charge is -2.20. The average Bonchev–Trinajstić information content (AvgIpc) is 3.15. The highest BCUT2D eigenvalue weighted by molar-refractivity contribution is 7.99. The van der Waals surface area contributed by atoms with Gasteiger partial charge in [-0.1, -0.05) is 42.1 Å². The minimum absolute atomic E-state index is 0.00800. The van der Waals surface area contributed by atoms with Gasteiger partial charge in [0.15, 0.2) is 5.16 Å². The third-order valence-electron chi connectivity index (χ3n) is 5.58. The molecule has 0 atom stereocenters. The summed E-state index contributed by atoms with van der Waals surface area (Å²) < 4.78 is 1.70. The van der Waals surface area contributed by atoms with Crippen LogP contribution in [0.2, 0.25) is 0 Å². The van der Waals surface area contributed by atoms with E-state index in [2.05, 4.69) is 10.6 Å². The van der Waals surface area contributed by atoms with Crippen LogP contribution in [0.4, 0.5) is 4.79 Å². The Bertz CT molecular complexity index is 1260. The normalized spacial score (nSPS) is 13.5. The Morgan fingerprint density at radius 2 is 1.88 bits per heavy atom.